The van der Waals surface area contributed by atoms with Crippen LogP contribution in [-0.2, 0) is 9.47 Å². The Morgan fingerprint density at radius 1 is 1.24 bits per heavy atom. The van der Waals surface area contributed by atoms with Crippen LogP contribution in [0.5, 0.6) is 0 Å². The largest absolute Gasteiger partial charge is 0.385 e. The van der Waals surface area contributed by atoms with Crippen LogP contribution in [0.15, 0.2) is 18.3 Å². The van der Waals surface area contributed by atoms with Gasteiger partial charge in [-0.1, -0.05) is 43.7 Å². The van der Waals surface area contributed by atoms with E-state index in [-0.39, 0.29) is 24.1 Å². The molecule has 34 heavy (non-hydrogen) atoms. The molecule has 2 N–H and O–H groups in total. The number of piperidine rings is 1. The van der Waals surface area contributed by atoms with Gasteiger partial charge < -0.3 is 25.0 Å². The fourth-order valence-corrected chi connectivity index (χ4v) is 5.59. The van der Waals surface area contributed by atoms with Gasteiger partial charge in [0.2, 0.25) is 0 Å². The second kappa shape index (κ2) is 14.9. The number of amides is 2. The molecule has 2 heterocycles. The molecule has 3 rings (SSSR count). The van der Waals surface area contributed by atoms with E-state index in [0.717, 1.165) is 50.4 Å². The lowest BCUT2D eigenvalue weighted by Gasteiger charge is -2.37. The van der Waals surface area contributed by atoms with Gasteiger partial charge in [-0.05, 0) is 50.8 Å². The van der Waals surface area contributed by atoms with E-state index < -0.39 is 0 Å². The van der Waals surface area contributed by atoms with Gasteiger partial charge in [-0.2, -0.15) is 0 Å². The van der Waals surface area contributed by atoms with Crippen molar-refractivity contribution in [1.82, 2.24) is 20.5 Å². The molecular weight excluding hydrogens is 452 g/mol. The lowest BCUT2D eigenvalue weighted by molar-refractivity contribution is -0.0191. The highest BCUT2D eigenvalue weighted by Gasteiger charge is 2.33. The average molecular weight is 495 g/mol. The Morgan fingerprint density at radius 3 is 2.79 bits per heavy atom. The first-order chi connectivity index (χ1) is 16.6. The number of hydrogen-bond donors (Lipinski definition) is 2. The van der Waals surface area contributed by atoms with Crippen LogP contribution in [0.2, 0.25) is 5.02 Å². The molecular formula is C26H43ClN4O3. The Morgan fingerprint density at radius 2 is 2.06 bits per heavy atom. The van der Waals surface area contributed by atoms with Crippen molar-refractivity contribution in [2.45, 2.75) is 69.9 Å². The van der Waals surface area contributed by atoms with Crippen LogP contribution >= 0.6 is 11.6 Å². The number of nitrogens with one attached hydrogen (secondary N) is 2. The highest BCUT2D eigenvalue weighted by molar-refractivity contribution is 6.30. The van der Waals surface area contributed by atoms with Gasteiger partial charge in [0, 0.05) is 63.1 Å². The van der Waals surface area contributed by atoms with Crippen LogP contribution in [0.1, 0.15) is 69.6 Å². The SMILES string of the molecule is CNC[C@H](CC1CCCCC1)NC(=O)N1CCC[C@@H](C(OCCCOC)c2cc(Cl)ccn2)C1. The molecule has 192 valence electrons. The van der Waals surface area contributed by atoms with Crippen molar-refractivity contribution in [1.29, 1.82) is 0 Å². The molecule has 1 aliphatic heterocycles. The molecule has 7 nitrogen and oxygen atoms in total. The first-order valence-corrected chi connectivity index (χ1v) is 13.4. The van der Waals surface area contributed by atoms with E-state index in [2.05, 4.69) is 15.6 Å². The molecule has 0 radical (unpaired) electrons. The van der Waals surface area contributed by atoms with Crippen LogP contribution < -0.4 is 10.6 Å². The lowest BCUT2D eigenvalue weighted by atomic mass is 9.85. The summed E-state index contributed by atoms with van der Waals surface area (Å²) in [7, 11) is 3.66. The monoisotopic (exact) mass is 494 g/mol. The number of likely N-dealkylation sites (N-methyl/N-ethyl adjacent to an activating group) is 1. The minimum Gasteiger partial charge on any atom is -0.385 e. The molecule has 0 aromatic carbocycles. The van der Waals surface area contributed by atoms with Crippen LogP contribution in [0.3, 0.4) is 0 Å². The standard InChI is InChI=1S/C26H43ClN4O3/c1-28-18-23(16-20-8-4-3-5-9-20)30-26(32)31-13-6-10-21(19-31)25(34-15-7-14-33-2)24-17-22(27)11-12-29-24/h11-12,17,20-21,23,25,28H,3-10,13-16,18-19H2,1-2H3,(H,30,32)/t21-,23+,25?/m1/s1. The molecule has 1 aliphatic carbocycles. The summed E-state index contributed by atoms with van der Waals surface area (Å²) in [6.45, 7) is 3.48. The highest BCUT2D eigenvalue weighted by Crippen LogP contribution is 2.33. The Hall–Kier alpha value is -1.41. The molecule has 1 unspecified atom stereocenters. The summed E-state index contributed by atoms with van der Waals surface area (Å²) in [4.78, 5) is 19.8. The zero-order valence-corrected chi connectivity index (χ0v) is 21.7. The Bertz CT molecular complexity index is 732. The number of halogens is 1. The van der Waals surface area contributed by atoms with Gasteiger partial charge in [-0.25, -0.2) is 4.79 Å². The summed E-state index contributed by atoms with van der Waals surface area (Å²) < 4.78 is 11.5. The van der Waals surface area contributed by atoms with Gasteiger partial charge in [0.05, 0.1) is 5.69 Å². The molecule has 1 saturated heterocycles. The van der Waals surface area contributed by atoms with Crippen LogP contribution in [0.4, 0.5) is 4.79 Å². The number of pyridine rings is 1. The molecule has 3 atom stereocenters. The summed E-state index contributed by atoms with van der Waals surface area (Å²) >= 11 is 6.26. The molecule has 8 heteroatoms. The number of rotatable bonds is 12. The molecule has 1 aromatic heterocycles. The molecule has 2 fully saturated rings. The number of aromatic nitrogens is 1. The van der Waals surface area contributed by atoms with E-state index in [1.54, 1.807) is 19.4 Å². The first kappa shape index (κ1) is 27.2. The molecule has 1 aromatic rings. The van der Waals surface area contributed by atoms with Crippen LogP contribution in [0, 0.1) is 11.8 Å². The van der Waals surface area contributed by atoms with E-state index in [9.17, 15) is 4.79 Å². The van der Waals surface area contributed by atoms with Crippen molar-refractivity contribution in [2.24, 2.45) is 11.8 Å². The Kier molecular flexibility index (Phi) is 11.9. The van der Waals surface area contributed by atoms with Gasteiger partial charge in [0.25, 0.3) is 0 Å². The first-order valence-electron chi connectivity index (χ1n) is 13.0. The fraction of sp³-hybridized carbons (Fsp3) is 0.769. The number of ether oxygens (including phenoxy) is 2. The summed E-state index contributed by atoms with van der Waals surface area (Å²) in [6.07, 6.45) is 11.9. The molecule has 0 bridgehead atoms. The summed E-state index contributed by atoms with van der Waals surface area (Å²) in [5.74, 6) is 0.898. The normalized spacial score (nSPS) is 21.3. The number of hydrogen-bond acceptors (Lipinski definition) is 5. The third-order valence-electron chi connectivity index (χ3n) is 7.12. The third kappa shape index (κ3) is 8.67. The van der Waals surface area contributed by atoms with Crippen molar-refractivity contribution in [3.8, 4) is 0 Å². The zero-order valence-electron chi connectivity index (χ0n) is 20.9. The maximum atomic E-state index is 13.3. The van der Waals surface area contributed by atoms with E-state index >= 15 is 0 Å². The minimum atomic E-state index is -0.193. The predicted octanol–water partition coefficient (Wildman–Crippen LogP) is 4.81. The second-order valence-corrected chi connectivity index (χ2v) is 10.3. The molecule has 2 amide bonds. The van der Waals surface area contributed by atoms with Gasteiger partial charge in [0.15, 0.2) is 0 Å². The minimum absolute atomic E-state index is 0.0398. The third-order valence-corrected chi connectivity index (χ3v) is 7.35. The summed E-state index contributed by atoms with van der Waals surface area (Å²) in [5.41, 5.74) is 0.836. The number of likely N-dealkylation sites (tertiary alicyclic amines) is 1. The smallest absolute Gasteiger partial charge is 0.317 e. The van der Waals surface area contributed by atoms with E-state index in [1.807, 2.05) is 18.0 Å². The number of urea groups is 1. The summed E-state index contributed by atoms with van der Waals surface area (Å²) in [6, 6.07) is 3.87. The lowest BCUT2D eigenvalue weighted by Crippen LogP contribution is -2.52. The predicted molar refractivity (Wildman–Crippen MR) is 136 cm³/mol. The number of carbonyl (C=O) groups is 1. The van der Waals surface area contributed by atoms with Crippen LogP contribution in [0.25, 0.3) is 0 Å². The van der Waals surface area contributed by atoms with Gasteiger partial charge in [-0.15, -0.1) is 0 Å². The summed E-state index contributed by atoms with van der Waals surface area (Å²) in [5, 5.41) is 7.25. The Labute approximate surface area is 210 Å². The molecule has 1 saturated carbocycles. The van der Waals surface area contributed by atoms with Crippen molar-refractivity contribution >= 4 is 17.6 Å². The van der Waals surface area contributed by atoms with Crippen molar-refractivity contribution < 1.29 is 14.3 Å². The maximum Gasteiger partial charge on any atom is 0.317 e. The average Bonchev–Trinajstić information content (AvgIpc) is 2.85. The van der Waals surface area contributed by atoms with E-state index in [4.69, 9.17) is 21.1 Å². The van der Waals surface area contributed by atoms with Gasteiger partial charge in [0.1, 0.15) is 6.10 Å². The highest BCUT2D eigenvalue weighted by atomic mass is 35.5. The van der Waals surface area contributed by atoms with Gasteiger partial charge >= 0.3 is 6.03 Å². The van der Waals surface area contributed by atoms with Crippen molar-refractivity contribution in [2.75, 3.05) is 47.0 Å². The second-order valence-electron chi connectivity index (χ2n) is 9.83. The number of methoxy groups -OCH3 is 1. The topological polar surface area (TPSA) is 75.7 Å². The fourth-order valence-electron chi connectivity index (χ4n) is 5.43. The van der Waals surface area contributed by atoms with Crippen molar-refractivity contribution in [3.05, 3.63) is 29.0 Å². The number of nitrogens with zero attached hydrogens (tertiary/aromatic N) is 2. The zero-order chi connectivity index (χ0) is 24.2. The van der Waals surface area contributed by atoms with E-state index in [0.29, 0.717) is 24.8 Å². The molecule has 0 spiro atoms. The quantitative estimate of drug-likeness (QED) is 0.408. The molecule has 2 aliphatic rings. The van der Waals surface area contributed by atoms with E-state index in [1.165, 1.54) is 32.1 Å². The van der Waals surface area contributed by atoms with Crippen LogP contribution in [-0.4, -0.2) is 69.0 Å². The Balaban J connectivity index is 1.62. The number of carbonyl (C=O) groups excluding carboxylic acids is 1. The maximum absolute atomic E-state index is 13.3. The van der Waals surface area contributed by atoms with Gasteiger partial charge in [-0.3, -0.25) is 4.98 Å². The van der Waals surface area contributed by atoms with Crippen molar-refractivity contribution in [3.63, 3.8) is 0 Å².